The maximum absolute atomic E-state index is 12.2. The highest BCUT2D eigenvalue weighted by atomic mass is 32.2. The Labute approximate surface area is 142 Å². The summed E-state index contributed by atoms with van der Waals surface area (Å²) < 4.78 is 1.83. The van der Waals surface area contributed by atoms with Crippen LogP contribution in [0.5, 0.6) is 0 Å². The van der Waals surface area contributed by atoms with Crippen molar-refractivity contribution in [1.82, 2.24) is 9.55 Å². The summed E-state index contributed by atoms with van der Waals surface area (Å²) in [4.78, 5) is 22.2. The van der Waals surface area contributed by atoms with Crippen LogP contribution < -0.4 is 4.80 Å². The summed E-state index contributed by atoms with van der Waals surface area (Å²) in [6.45, 7) is 0. The van der Waals surface area contributed by atoms with Gasteiger partial charge in [0.05, 0.1) is 0 Å². The van der Waals surface area contributed by atoms with E-state index in [2.05, 4.69) is 16.0 Å². The number of thioether (sulfide) groups is 1. The third kappa shape index (κ3) is 4.18. The van der Waals surface area contributed by atoms with E-state index in [4.69, 9.17) is 0 Å². The zero-order chi connectivity index (χ0) is 16.1. The molecule has 0 aliphatic rings. The van der Waals surface area contributed by atoms with Gasteiger partial charge in [0.25, 0.3) is 5.91 Å². The number of thiazole rings is 1. The van der Waals surface area contributed by atoms with Crippen LogP contribution in [0.25, 0.3) is 0 Å². The quantitative estimate of drug-likeness (QED) is 0.682. The van der Waals surface area contributed by atoms with E-state index >= 15 is 0 Å². The minimum atomic E-state index is -0.216. The Hall–Kier alpha value is -2.18. The van der Waals surface area contributed by atoms with Gasteiger partial charge in [-0.1, -0.05) is 6.07 Å². The average molecular weight is 341 g/mol. The number of hydrogen-bond acceptors (Lipinski definition) is 4. The SMILES string of the molecule is Cn1ccsc1=NC(=O)c1ccc(SCc2cccnc2)cc1. The second-order valence-corrected chi connectivity index (χ2v) is 6.81. The first kappa shape index (κ1) is 15.7. The Morgan fingerprint density at radius 3 is 2.78 bits per heavy atom. The van der Waals surface area contributed by atoms with Crippen molar-refractivity contribution in [3.63, 3.8) is 0 Å². The number of benzene rings is 1. The van der Waals surface area contributed by atoms with Gasteiger partial charge >= 0.3 is 0 Å². The van der Waals surface area contributed by atoms with Crippen LogP contribution >= 0.6 is 23.1 Å². The fraction of sp³-hybridized carbons (Fsp3) is 0.118. The molecule has 0 spiro atoms. The largest absolute Gasteiger partial charge is 0.327 e. The molecular formula is C17H15N3OS2. The zero-order valence-electron chi connectivity index (χ0n) is 12.5. The molecule has 0 saturated heterocycles. The maximum atomic E-state index is 12.2. The van der Waals surface area contributed by atoms with Crippen molar-refractivity contribution >= 4 is 29.0 Å². The summed E-state index contributed by atoms with van der Waals surface area (Å²) in [6.07, 6.45) is 5.52. The molecule has 2 aromatic heterocycles. The van der Waals surface area contributed by atoms with Crippen LogP contribution in [-0.2, 0) is 12.8 Å². The number of rotatable bonds is 4. The number of pyridine rings is 1. The molecule has 0 bridgehead atoms. The minimum absolute atomic E-state index is 0.216. The number of amides is 1. The topological polar surface area (TPSA) is 47.2 Å². The van der Waals surface area contributed by atoms with Gasteiger partial charge in [-0.2, -0.15) is 4.99 Å². The molecule has 0 saturated carbocycles. The van der Waals surface area contributed by atoms with E-state index in [-0.39, 0.29) is 5.91 Å². The van der Waals surface area contributed by atoms with Crippen molar-refractivity contribution in [3.8, 4) is 0 Å². The fourth-order valence-electron chi connectivity index (χ4n) is 1.93. The van der Waals surface area contributed by atoms with Gasteiger partial charge < -0.3 is 4.57 Å². The summed E-state index contributed by atoms with van der Waals surface area (Å²) in [5.41, 5.74) is 1.78. The number of aromatic nitrogens is 2. The first-order valence-corrected chi connectivity index (χ1v) is 8.90. The van der Waals surface area contributed by atoms with Crippen LogP contribution in [0, 0.1) is 0 Å². The Bertz CT molecular complexity index is 851. The summed E-state index contributed by atoms with van der Waals surface area (Å²) >= 11 is 3.16. The normalized spacial score (nSPS) is 11.6. The molecule has 0 fully saturated rings. The highest BCUT2D eigenvalue weighted by molar-refractivity contribution is 7.98. The van der Waals surface area contributed by atoms with Crippen LogP contribution in [0.3, 0.4) is 0 Å². The Kier molecular flexibility index (Phi) is 5.05. The average Bonchev–Trinajstić information content (AvgIpc) is 2.99. The van der Waals surface area contributed by atoms with Crippen molar-refractivity contribution in [2.75, 3.05) is 0 Å². The van der Waals surface area contributed by atoms with Crippen molar-refractivity contribution in [2.45, 2.75) is 10.6 Å². The second kappa shape index (κ2) is 7.39. The molecular weight excluding hydrogens is 326 g/mol. The Morgan fingerprint density at radius 1 is 1.30 bits per heavy atom. The van der Waals surface area contributed by atoms with Crippen LogP contribution in [0.1, 0.15) is 15.9 Å². The van der Waals surface area contributed by atoms with Gasteiger partial charge in [-0.25, -0.2) is 0 Å². The predicted molar refractivity (Wildman–Crippen MR) is 93.4 cm³/mol. The van der Waals surface area contributed by atoms with E-state index in [9.17, 15) is 4.79 Å². The lowest BCUT2D eigenvalue weighted by Gasteiger charge is -2.02. The standard InChI is InChI=1S/C17H15N3OS2/c1-20-9-10-22-17(20)19-16(21)14-4-6-15(7-5-14)23-12-13-3-2-8-18-11-13/h2-11H,12H2,1H3. The monoisotopic (exact) mass is 341 g/mol. The molecule has 0 radical (unpaired) electrons. The number of carbonyl (C=O) groups excluding carboxylic acids is 1. The third-order valence-electron chi connectivity index (χ3n) is 3.19. The maximum Gasteiger partial charge on any atom is 0.279 e. The molecule has 2 heterocycles. The predicted octanol–water partition coefficient (Wildman–Crippen LogP) is 3.52. The Morgan fingerprint density at radius 2 is 2.13 bits per heavy atom. The van der Waals surface area contributed by atoms with Crippen molar-refractivity contribution in [1.29, 1.82) is 0 Å². The number of aryl methyl sites for hydroxylation is 1. The molecule has 116 valence electrons. The van der Waals surface area contributed by atoms with E-state index in [1.807, 2.05) is 59.7 Å². The van der Waals surface area contributed by atoms with Crippen LogP contribution in [0.15, 0.2) is 70.3 Å². The molecule has 0 unspecified atom stereocenters. The van der Waals surface area contributed by atoms with Gasteiger partial charge in [-0.15, -0.1) is 23.1 Å². The van der Waals surface area contributed by atoms with Gasteiger partial charge in [-0.3, -0.25) is 9.78 Å². The van der Waals surface area contributed by atoms with E-state index in [0.717, 1.165) is 10.6 Å². The van der Waals surface area contributed by atoms with E-state index in [1.54, 1.807) is 18.0 Å². The molecule has 4 nitrogen and oxygen atoms in total. The molecule has 1 amide bonds. The van der Waals surface area contributed by atoms with E-state index < -0.39 is 0 Å². The lowest BCUT2D eigenvalue weighted by atomic mass is 10.2. The summed E-state index contributed by atoms with van der Waals surface area (Å²) in [6, 6.07) is 11.5. The van der Waals surface area contributed by atoms with Crippen LogP contribution in [0.2, 0.25) is 0 Å². The minimum Gasteiger partial charge on any atom is -0.327 e. The molecule has 0 aliphatic heterocycles. The van der Waals surface area contributed by atoms with Crippen molar-refractivity contribution in [3.05, 3.63) is 76.3 Å². The van der Waals surface area contributed by atoms with Crippen molar-refractivity contribution < 1.29 is 4.79 Å². The van der Waals surface area contributed by atoms with Crippen molar-refractivity contribution in [2.24, 2.45) is 12.0 Å². The zero-order valence-corrected chi connectivity index (χ0v) is 14.2. The highest BCUT2D eigenvalue weighted by Gasteiger charge is 2.05. The number of hydrogen-bond donors (Lipinski definition) is 0. The van der Waals surface area contributed by atoms with Crippen LogP contribution in [-0.4, -0.2) is 15.5 Å². The molecule has 0 atom stereocenters. The molecule has 3 aromatic rings. The van der Waals surface area contributed by atoms with Gasteiger partial charge in [0.2, 0.25) is 0 Å². The lowest BCUT2D eigenvalue weighted by Crippen LogP contribution is -2.12. The Balaban J connectivity index is 1.67. The van der Waals surface area contributed by atoms with Gasteiger partial charge in [0.15, 0.2) is 4.80 Å². The van der Waals surface area contributed by atoms with Crippen LogP contribution in [0.4, 0.5) is 0 Å². The van der Waals surface area contributed by atoms with Gasteiger partial charge in [0, 0.05) is 47.2 Å². The number of nitrogens with zero attached hydrogens (tertiary/aromatic N) is 3. The van der Waals surface area contributed by atoms with Gasteiger partial charge in [0.1, 0.15) is 0 Å². The van der Waals surface area contributed by atoms with E-state index in [1.165, 1.54) is 16.9 Å². The second-order valence-electron chi connectivity index (χ2n) is 4.89. The summed E-state index contributed by atoms with van der Waals surface area (Å²) in [5.74, 6) is 0.642. The first-order chi connectivity index (χ1) is 11.2. The number of carbonyl (C=O) groups is 1. The smallest absolute Gasteiger partial charge is 0.279 e. The molecule has 23 heavy (non-hydrogen) atoms. The summed E-state index contributed by atoms with van der Waals surface area (Å²) in [7, 11) is 1.88. The molecule has 1 aromatic carbocycles. The van der Waals surface area contributed by atoms with Gasteiger partial charge in [-0.05, 0) is 35.9 Å². The lowest BCUT2D eigenvalue weighted by molar-refractivity contribution is 0.0998. The molecule has 0 N–H and O–H groups in total. The first-order valence-electron chi connectivity index (χ1n) is 7.03. The fourth-order valence-corrected chi connectivity index (χ4v) is 3.49. The highest BCUT2D eigenvalue weighted by Crippen LogP contribution is 2.22. The molecule has 0 aliphatic carbocycles. The molecule has 3 rings (SSSR count). The third-order valence-corrected chi connectivity index (χ3v) is 5.12. The molecule has 6 heteroatoms. The summed E-state index contributed by atoms with van der Waals surface area (Å²) in [5, 5.41) is 1.91. The van der Waals surface area contributed by atoms with E-state index in [0.29, 0.717) is 10.4 Å².